The van der Waals surface area contributed by atoms with Gasteiger partial charge in [0.1, 0.15) is 11.6 Å². The Hall–Kier alpha value is -3.82. The van der Waals surface area contributed by atoms with Gasteiger partial charge in [-0.1, -0.05) is 6.07 Å². The molecule has 0 spiro atoms. The Morgan fingerprint density at radius 2 is 1.87 bits per heavy atom. The molecule has 10 heteroatoms. The van der Waals surface area contributed by atoms with Gasteiger partial charge in [-0.05, 0) is 24.3 Å². The summed E-state index contributed by atoms with van der Waals surface area (Å²) in [7, 11) is 1.31. The van der Waals surface area contributed by atoms with Gasteiger partial charge in [-0.3, -0.25) is 19.7 Å². The van der Waals surface area contributed by atoms with E-state index in [9.17, 15) is 18.0 Å². The summed E-state index contributed by atoms with van der Waals surface area (Å²) in [6.07, 6.45) is 0.595. The van der Waals surface area contributed by atoms with Crippen molar-refractivity contribution in [1.82, 2.24) is 14.9 Å². The van der Waals surface area contributed by atoms with Gasteiger partial charge in [0.05, 0.1) is 5.69 Å². The number of rotatable bonds is 4. The summed E-state index contributed by atoms with van der Waals surface area (Å²) in [6, 6.07) is 7.44. The van der Waals surface area contributed by atoms with E-state index in [0.29, 0.717) is 6.07 Å². The number of aromatic nitrogens is 2. The number of nitrogens with zero attached hydrogens (tertiary/aromatic N) is 4. The number of guanidine groups is 1. The molecule has 2 aromatic heterocycles. The predicted octanol–water partition coefficient (Wildman–Crippen LogP) is 3.39. The quantitative estimate of drug-likeness (QED) is 0.645. The molecule has 31 heavy (non-hydrogen) atoms. The summed E-state index contributed by atoms with van der Waals surface area (Å²) < 4.78 is 56.3. The van der Waals surface area contributed by atoms with Gasteiger partial charge in [-0.2, -0.15) is 0 Å². The lowest BCUT2D eigenvalue weighted by molar-refractivity contribution is -0.129. The smallest absolute Gasteiger partial charge is 0.266 e. The van der Waals surface area contributed by atoms with Crippen LogP contribution in [0, 0.1) is 11.6 Å². The van der Waals surface area contributed by atoms with Gasteiger partial charge in [0.15, 0.2) is 11.5 Å². The molecule has 1 unspecified atom stereocenters. The Bertz CT molecular complexity index is 1200. The van der Waals surface area contributed by atoms with Crippen LogP contribution in [0.1, 0.15) is 23.1 Å². The number of aliphatic imine (C=N–C) groups is 1. The molecule has 0 bridgehead atoms. The molecule has 1 aliphatic heterocycles. The monoisotopic (exact) mass is 429 g/mol. The van der Waals surface area contributed by atoms with Gasteiger partial charge in [-0.15, -0.1) is 0 Å². The number of amides is 1. The van der Waals surface area contributed by atoms with Gasteiger partial charge >= 0.3 is 0 Å². The van der Waals surface area contributed by atoms with Gasteiger partial charge in [-0.25, -0.2) is 22.6 Å². The average molecular weight is 429 g/mol. The first-order valence-electron chi connectivity index (χ1n) is 9.03. The van der Waals surface area contributed by atoms with Crippen LogP contribution >= 0.6 is 0 Å². The summed E-state index contributed by atoms with van der Waals surface area (Å²) in [5, 5.41) is 0. The van der Waals surface area contributed by atoms with Crippen LogP contribution in [0.4, 0.5) is 17.6 Å². The lowest BCUT2D eigenvalue weighted by atomic mass is 9.81. The van der Waals surface area contributed by atoms with Crippen LogP contribution in [-0.4, -0.2) is 33.8 Å². The minimum Gasteiger partial charge on any atom is -0.369 e. The summed E-state index contributed by atoms with van der Waals surface area (Å²) in [4.78, 5) is 26.2. The number of pyridine rings is 2. The van der Waals surface area contributed by atoms with E-state index in [0.717, 1.165) is 29.4 Å². The van der Waals surface area contributed by atoms with Gasteiger partial charge in [0, 0.05) is 54.0 Å². The highest BCUT2D eigenvalue weighted by Crippen LogP contribution is 2.42. The first-order chi connectivity index (χ1) is 14.8. The van der Waals surface area contributed by atoms with Crippen LogP contribution in [0.15, 0.2) is 60.0 Å². The van der Waals surface area contributed by atoms with Gasteiger partial charge in [0.25, 0.3) is 12.3 Å². The molecule has 0 fully saturated rings. The molecule has 0 saturated carbocycles. The van der Waals surface area contributed by atoms with E-state index in [-0.39, 0.29) is 28.3 Å². The maximum atomic E-state index is 15.1. The Morgan fingerprint density at radius 3 is 2.48 bits per heavy atom. The van der Waals surface area contributed by atoms with E-state index in [1.807, 2.05) is 0 Å². The van der Waals surface area contributed by atoms with Crippen molar-refractivity contribution in [3.63, 3.8) is 0 Å². The maximum Gasteiger partial charge on any atom is 0.266 e. The van der Waals surface area contributed by atoms with Gasteiger partial charge in [0.2, 0.25) is 0 Å². The number of hydrogen-bond donors (Lipinski definition) is 1. The molecule has 0 aliphatic carbocycles. The Morgan fingerprint density at radius 1 is 1.10 bits per heavy atom. The highest BCUT2D eigenvalue weighted by molar-refractivity contribution is 6.09. The second-order valence-corrected chi connectivity index (χ2v) is 6.88. The third-order valence-electron chi connectivity index (χ3n) is 5.06. The van der Waals surface area contributed by atoms with Crippen LogP contribution in [0.5, 0.6) is 0 Å². The van der Waals surface area contributed by atoms with Crippen molar-refractivity contribution < 1.29 is 22.4 Å². The van der Waals surface area contributed by atoms with Crippen LogP contribution in [0.3, 0.4) is 0 Å². The molecular weight excluding hydrogens is 414 g/mol. The minimum atomic E-state index is -2.89. The number of halogens is 4. The van der Waals surface area contributed by atoms with Crippen molar-refractivity contribution >= 4 is 11.9 Å². The van der Waals surface area contributed by atoms with E-state index in [1.54, 1.807) is 12.1 Å². The molecule has 3 aromatic rings. The largest absolute Gasteiger partial charge is 0.369 e. The fraction of sp³-hybridized carbons (Fsp3) is 0.143. The highest BCUT2D eigenvalue weighted by Gasteiger charge is 2.51. The zero-order valence-corrected chi connectivity index (χ0v) is 16.1. The number of nitrogens with two attached hydrogens (primary N) is 1. The van der Waals surface area contributed by atoms with E-state index >= 15 is 4.39 Å². The molecule has 6 nitrogen and oxygen atoms in total. The van der Waals surface area contributed by atoms with Crippen molar-refractivity contribution in [3.8, 4) is 11.3 Å². The number of hydrogen-bond acceptors (Lipinski definition) is 5. The standard InChI is InChI=1S/C21H15F4N5O/c1-30-19(31)21(29-20(30)26,12-6-11(18(24)25)9-27-10-12)14-7-13(15(22)8-16(14)23)17-4-2-3-5-28-17/h2-10,18H,1H3,(H2,26,29). The summed E-state index contributed by atoms with van der Waals surface area (Å²) >= 11 is 0. The second kappa shape index (κ2) is 7.46. The van der Waals surface area contributed by atoms with Crippen LogP contribution < -0.4 is 5.73 Å². The number of benzene rings is 1. The first-order valence-corrected chi connectivity index (χ1v) is 9.03. The van der Waals surface area contributed by atoms with Crippen LogP contribution in [-0.2, 0) is 10.3 Å². The number of carbonyl (C=O) groups excluding carboxylic acids is 1. The van der Waals surface area contributed by atoms with E-state index in [2.05, 4.69) is 15.0 Å². The van der Waals surface area contributed by atoms with Crippen molar-refractivity contribution in [2.45, 2.75) is 12.0 Å². The third-order valence-corrected chi connectivity index (χ3v) is 5.06. The molecule has 1 aliphatic rings. The van der Waals surface area contributed by atoms with E-state index in [4.69, 9.17) is 5.73 Å². The van der Waals surface area contributed by atoms with Crippen molar-refractivity contribution in [3.05, 3.63) is 83.3 Å². The van der Waals surface area contributed by atoms with Crippen molar-refractivity contribution in [1.29, 1.82) is 0 Å². The summed E-state index contributed by atoms with van der Waals surface area (Å²) in [6.45, 7) is 0. The van der Waals surface area contributed by atoms with Crippen molar-refractivity contribution in [2.24, 2.45) is 10.7 Å². The lowest BCUT2D eigenvalue weighted by Crippen LogP contribution is -2.41. The van der Waals surface area contributed by atoms with E-state index in [1.165, 1.54) is 19.3 Å². The lowest BCUT2D eigenvalue weighted by Gasteiger charge is -2.27. The van der Waals surface area contributed by atoms with Crippen LogP contribution in [0.2, 0.25) is 0 Å². The molecule has 0 saturated heterocycles. The highest BCUT2D eigenvalue weighted by atomic mass is 19.3. The second-order valence-electron chi connectivity index (χ2n) is 6.88. The fourth-order valence-electron chi connectivity index (χ4n) is 3.48. The molecule has 1 amide bonds. The predicted molar refractivity (Wildman–Crippen MR) is 104 cm³/mol. The number of likely N-dealkylation sites (N-methyl/N-ethyl adjacent to an activating group) is 1. The zero-order valence-electron chi connectivity index (χ0n) is 16.1. The molecule has 1 aromatic carbocycles. The third kappa shape index (κ3) is 3.20. The number of carbonyl (C=O) groups is 1. The minimum absolute atomic E-state index is 0.0922. The van der Waals surface area contributed by atoms with Crippen molar-refractivity contribution in [2.75, 3.05) is 7.05 Å². The molecule has 3 heterocycles. The summed E-state index contributed by atoms with van der Waals surface area (Å²) in [5.41, 5.74) is 2.79. The Labute approximate surface area is 174 Å². The molecule has 158 valence electrons. The molecular formula is C21H15F4N5O. The SMILES string of the molecule is CN1C(=O)C(c2cncc(C(F)F)c2)(c2cc(-c3ccccn3)c(F)cc2F)N=C1N. The zero-order chi connectivity index (χ0) is 22.3. The van der Waals surface area contributed by atoms with Crippen LogP contribution in [0.25, 0.3) is 11.3 Å². The molecule has 4 rings (SSSR count). The normalized spacial score (nSPS) is 18.6. The number of alkyl halides is 2. The molecule has 1 atom stereocenters. The molecule has 2 N–H and O–H groups in total. The first kappa shape index (κ1) is 20.5. The fourth-order valence-corrected chi connectivity index (χ4v) is 3.48. The topological polar surface area (TPSA) is 84.5 Å². The Kier molecular flexibility index (Phi) is 4.92. The maximum absolute atomic E-state index is 15.1. The van der Waals surface area contributed by atoms with E-state index < -0.39 is 35.1 Å². The molecule has 0 radical (unpaired) electrons. The Balaban J connectivity index is 2.03. The summed E-state index contributed by atoms with van der Waals surface area (Å²) in [5.74, 6) is -3.06. The van der Waals surface area contributed by atoms with Gasteiger partial charge < -0.3 is 5.73 Å². The average Bonchev–Trinajstić information content (AvgIpc) is 2.99.